The number of ketones is 1. The van der Waals surface area contributed by atoms with Crippen molar-refractivity contribution in [2.75, 3.05) is 0 Å². The van der Waals surface area contributed by atoms with Gasteiger partial charge < -0.3 is 0 Å². The van der Waals surface area contributed by atoms with Crippen LogP contribution in [0.5, 0.6) is 0 Å². The molecule has 0 heterocycles. The normalized spacial score (nSPS) is 10.0. The van der Waals surface area contributed by atoms with Gasteiger partial charge in [0.05, 0.1) is 4.92 Å². The summed E-state index contributed by atoms with van der Waals surface area (Å²) in [5, 5.41) is 10.5. The zero-order valence-electron chi connectivity index (χ0n) is 8.82. The molecule has 1 rings (SSSR count). The predicted molar refractivity (Wildman–Crippen MR) is 57.1 cm³/mol. The first-order chi connectivity index (χ1) is 7.10. The highest BCUT2D eigenvalue weighted by Crippen LogP contribution is 2.19. The Morgan fingerprint density at radius 2 is 2.07 bits per heavy atom. The van der Waals surface area contributed by atoms with E-state index in [1.54, 1.807) is 13.0 Å². The molecule has 0 aliphatic heterocycles. The Morgan fingerprint density at radius 1 is 1.40 bits per heavy atom. The largest absolute Gasteiger partial charge is 0.294 e. The standard InChI is InChI=1S/C11H13NO3/c1-3-8-7-9(12(14)15)5-6-10(8)11(13)4-2/h5-7H,3-4H2,1-2H3. The van der Waals surface area contributed by atoms with E-state index in [9.17, 15) is 14.9 Å². The lowest BCUT2D eigenvalue weighted by Crippen LogP contribution is -2.02. The molecule has 0 radical (unpaired) electrons. The van der Waals surface area contributed by atoms with Gasteiger partial charge >= 0.3 is 0 Å². The van der Waals surface area contributed by atoms with Crippen molar-refractivity contribution in [1.82, 2.24) is 0 Å². The number of rotatable bonds is 4. The Morgan fingerprint density at radius 3 is 2.53 bits per heavy atom. The minimum atomic E-state index is -0.445. The van der Waals surface area contributed by atoms with Crippen LogP contribution in [-0.2, 0) is 6.42 Å². The van der Waals surface area contributed by atoms with E-state index < -0.39 is 4.92 Å². The highest BCUT2D eigenvalue weighted by Gasteiger charge is 2.13. The number of aryl methyl sites for hydroxylation is 1. The van der Waals surface area contributed by atoms with Gasteiger partial charge in [0, 0.05) is 24.1 Å². The fraction of sp³-hybridized carbons (Fsp3) is 0.364. The van der Waals surface area contributed by atoms with Gasteiger partial charge in [-0.05, 0) is 18.1 Å². The van der Waals surface area contributed by atoms with Gasteiger partial charge in [-0.3, -0.25) is 14.9 Å². The first-order valence-corrected chi connectivity index (χ1v) is 4.90. The van der Waals surface area contributed by atoms with Crippen LogP contribution in [0, 0.1) is 10.1 Å². The van der Waals surface area contributed by atoms with E-state index in [1.165, 1.54) is 12.1 Å². The van der Waals surface area contributed by atoms with Gasteiger partial charge in [0.1, 0.15) is 0 Å². The molecular formula is C11H13NO3. The van der Waals surface area contributed by atoms with E-state index in [0.29, 0.717) is 18.4 Å². The van der Waals surface area contributed by atoms with Gasteiger partial charge in [-0.25, -0.2) is 0 Å². The van der Waals surface area contributed by atoms with Crippen LogP contribution < -0.4 is 0 Å². The van der Waals surface area contributed by atoms with E-state index in [-0.39, 0.29) is 11.5 Å². The number of hydrogen-bond donors (Lipinski definition) is 0. The highest BCUT2D eigenvalue weighted by atomic mass is 16.6. The molecule has 0 spiro atoms. The Bertz CT molecular complexity index is 399. The van der Waals surface area contributed by atoms with E-state index in [4.69, 9.17) is 0 Å². The van der Waals surface area contributed by atoms with Gasteiger partial charge in [0.15, 0.2) is 5.78 Å². The summed E-state index contributed by atoms with van der Waals surface area (Å²) in [6, 6.07) is 4.40. The van der Waals surface area contributed by atoms with Crippen LogP contribution in [0.15, 0.2) is 18.2 Å². The number of hydrogen-bond acceptors (Lipinski definition) is 3. The smallest absolute Gasteiger partial charge is 0.269 e. The van der Waals surface area contributed by atoms with Crippen LogP contribution in [0.25, 0.3) is 0 Å². The molecule has 0 amide bonds. The van der Waals surface area contributed by atoms with Crippen LogP contribution in [0.4, 0.5) is 5.69 Å². The fourth-order valence-corrected chi connectivity index (χ4v) is 1.45. The maximum absolute atomic E-state index is 11.5. The molecule has 0 saturated heterocycles. The summed E-state index contributed by atoms with van der Waals surface area (Å²) in [5.41, 5.74) is 1.39. The highest BCUT2D eigenvalue weighted by molar-refractivity contribution is 5.97. The average Bonchev–Trinajstić information content (AvgIpc) is 2.27. The molecular weight excluding hydrogens is 194 g/mol. The lowest BCUT2D eigenvalue weighted by atomic mass is 9.99. The third-order valence-electron chi connectivity index (χ3n) is 2.30. The number of nitro benzene ring substituents is 1. The van der Waals surface area contributed by atoms with E-state index in [1.807, 2.05) is 6.92 Å². The third kappa shape index (κ3) is 2.40. The zero-order chi connectivity index (χ0) is 11.4. The molecule has 0 N–H and O–H groups in total. The number of nitrogens with zero attached hydrogens (tertiary/aromatic N) is 1. The molecule has 0 bridgehead atoms. The van der Waals surface area contributed by atoms with Crippen LogP contribution in [0.1, 0.15) is 36.2 Å². The first kappa shape index (κ1) is 11.4. The number of nitro groups is 1. The maximum Gasteiger partial charge on any atom is 0.269 e. The minimum Gasteiger partial charge on any atom is -0.294 e. The van der Waals surface area contributed by atoms with Crippen molar-refractivity contribution in [2.24, 2.45) is 0 Å². The fourth-order valence-electron chi connectivity index (χ4n) is 1.45. The summed E-state index contributed by atoms with van der Waals surface area (Å²) < 4.78 is 0. The van der Waals surface area contributed by atoms with Crippen molar-refractivity contribution >= 4 is 11.5 Å². The topological polar surface area (TPSA) is 60.2 Å². The molecule has 4 nitrogen and oxygen atoms in total. The molecule has 80 valence electrons. The van der Waals surface area contributed by atoms with Crippen molar-refractivity contribution in [3.05, 3.63) is 39.4 Å². The Balaban J connectivity index is 3.20. The van der Waals surface area contributed by atoms with Crippen molar-refractivity contribution in [2.45, 2.75) is 26.7 Å². The number of carbonyl (C=O) groups is 1. The summed E-state index contributed by atoms with van der Waals surface area (Å²) in [7, 11) is 0. The average molecular weight is 207 g/mol. The SMILES string of the molecule is CCC(=O)c1ccc([N+](=O)[O-])cc1CC. The van der Waals surface area contributed by atoms with Gasteiger partial charge in [-0.15, -0.1) is 0 Å². The summed E-state index contributed by atoms with van der Waals surface area (Å²) in [5.74, 6) is 0.0294. The summed E-state index contributed by atoms with van der Waals surface area (Å²) in [4.78, 5) is 21.6. The second kappa shape index (κ2) is 4.68. The molecule has 0 aliphatic carbocycles. The van der Waals surface area contributed by atoms with Gasteiger partial charge in [0.2, 0.25) is 0 Å². The molecule has 0 saturated carbocycles. The molecule has 4 heteroatoms. The summed E-state index contributed by atoms with van der Waals surface area (Å²) in [6.45, 7) is 3.66. The molecule has 0 atom stereocenters. The third-order valence-corrected chi connectivity index (χ3v) is 2.30. The molecule has 15 heavy (non-hydrogen) atoms. The van der Waals surface area contributed by atoms with Crippen LogP contribution >= 0.6 is 0 Å². The van der Waals surface area contributed by atoms with Crippen molar-refractivity contribution in [3.63, 3.8) is 0 Å². The van der Waals surface area contributed by atoms with Crippen molar-refractivity contribution < 1.29 is 9.72 Å². The maximum atomic E-state index is 11.5. The molecule has 1 aromatic carbocycles. The quantitative estimate of drug-likeness (QED) is 0.433. The summed E-state index contributed by atoms with van der Waals surface area (Å²) >= 11 is 0. The molecule has 0 aromatic heterocycles. The molecule has 0 fully saturated rings. The Labute approximate surface area is 88.1 Å². The predicted octanol–water partition coefficient (Wildman–Crippen LogP) is 2.75. The van der Waals surface area contributed by atoms with Crippen LogP contribution in [0.2, 0.25) is 0 Å². The molecule has 1 aromatic rings. The minimum absolute atomic E-state index is 0.0294. The Kier molecular flexibility index (Phi) is 3.55. The number of Topliss-reactive ketones (excluding diaryl/α,β-unsaturated/α-hetero) is 1. The molecule has 0 unspecified atom stereocenters. The number of carbonyl (C=O) groups excluding carboxylic acids is 1. The Hall–Kier alpha value is -1.71. The number of benzene rings is 1. The monoisotopic (exact) mass is 207 g/mol. The van der Waals surface area contributed by atoms with Crippen LogP contribution in [-0.4, -0.2) is 10.7 Å². The second-order valence-electron chi connectivity index (χ2n) is 3.23. The van der Waals surface area contributed by atoms with Gasteiger partial charge in [-0.2, -0.15) is 0 Å². The van der Waals surface area contributed by atoms with Crippen LogP contribution in [0.3, 0.4) is 0 Å². The van der Waals surface area contributed by atoms with Gasteiger partial charge in [0.25, 0.3) is 5.69 Å². The van der Waals surface area contributed by atoms with E-state index >= 15 is 0 Å². The zero-order valence-corrected chi connectivity index (χ0v) is 8.82. The van der Waals surface area contributed by atoms with E-state index in [2.05, 4.69) is 0 Å². The lowest BCUT2D eigenvalue weighted by Gasteiger charge is -2.04. The first-order valence-electron chi connectivity index (χ1n) is 4.90. The second-order valence-corrected chi connectivity index (χ2v) is 3.23. The lowest BCUT2D eigenvalue weighted by molar-refractivity contribution is -0.384. The summed E-state index contributed by atoms with van der Waals surface area (Å²) in [6.07, 6.45) is 1.05. The molecule has 0 aliphatic rings. The van der Waals surface area contributed by atoms with E-state index in [0.717, 1.165) is 5.56 Å². The van der Waals surface area contributed by atoms with Crippen molar-refractivity contribution in [1.29, 1.82) is 0 Å². The number of non-ortho nitro benzene ring substituents is 1. The van der Waals surface area contributed by atoms with Crippen molar-refractivity contribution in [3.8, 4) is 0 Å². The van der Waals surface area contributed by atoms with Gasteiger partial charge in [-0.1, -0.05) is 13.8 Å².